The van der Waals surface area contributed by atoms with E-state index < -0.39 is 10.0 Å². The highest BCUT2D eigenvalue weighted by atomic mass is 32.2. The van der Waals surface area contributed by atoms with Crippen LogP contribution in [-0.2, 0) is 10.0 Å². The molecular formula is C11H13N5O2S. The number of hydrazine groups is 1. The number of aromatic nitrogens is 2. The van der Waals surface area contributed by atoms with Crippen LogP contribution in [0.5, 0.6) is 0 Å². The Hall–Kier alpha value is -2.19. The minimum absolute atomic E-state index is 0.0867. The normalized spacial score (nSPS) is 11.1. The van der Waals surface area contributed by atoms with Crippen molar-refractivity contribution in [2.45, 2.75) is 4.90 Å². The fourth-order valence-electron chi connectivity index (χ4n) is 1.47. The van der Waals surface area contributed by atoms with Crippen LogP contribution in [-0.4, -0.2) is 25.4 Å². The minimum atomic E-state index is -3.69. The third-order valence-electron chi connectivity index (χ3n) is 2.51. The molecule has 19 heavy (non-hydrogen) atoms. The molecule has 0 atom stereocenters. The van der Waals surface area contributed by atoms with Gasteiger partial charge < -0.3 is 5.43 Å². The molecule has 0 spiro atoms. The number of sulfonamides is 1. The summed E-state index contributed by atoms with van der Waals surface area (Å²) in [7, 11) is -2.25. The van der Waals surface area contributed by atoms with Crippen LogP contribution in [0.3, 0.4) is 0 Å². The molecule has 0 amide bonds. The standard InChI is InChI=1S/C11H13N5O2S/c1-16(11-4-2-3-6-14-11)19(17,18)9-5-7-13-10(8-9)15-12/h2-8H,12H2,1H3,(H,13,15). The first-order valence-electron chi connectivity index (χ1n) is 5.38. The van der Waals surface area contributed by atoms with E-state index in [1.165, 1.54) is 31.6 Å². The van der Waals surface area contributed by atoms with E-state index in [1.54, 1.807) is 18.2 Å². The first-order valence-corrected chi connectivity index (χ1v) is 6.82. The maximum Gasteiger partial charge on any atom is 0.265 e. The summed E-state index contributed by atoms with van der Waals surface area (Å²) in [4.78, 5) is 7.96. The molecule has 0 fully saturated rings. The summed E-state index contributed by atoms with van der Waals surface area (Å²) in [5.74, 6) is 5.82. The predicted octanol–water partition coefficient (Wildman–Crippen LogP) is 0.587. The first-order chi connectivity index (χ1) is 9.05. The highest BCUT2D eigenvalue weighted by Gasteiger charge is 2.22. The maximum atomic E-state index is 12.4. The van der Waals surface area contributed by atoms with Crippen molar-refractivity contribution >= 4 is 21.7 Å². The Labute approximate surface area is 111 Å². The summed E-state index contributed by atoms with van der Waals surface area (Å²) in [5.41, 5.74) is 2.31. The third-order valence-corrected chi connectivity index (χ3v) is 4.27. The fraction of sp³-hybridized carbons (Fsp3) is 0.0909. The molecule has 2 aromatic rings. The van der Waals surface area contributed by atoms with Crippen LogP contribution in [0.4, 0.5) is 11.6 Å². The summed E-state index contributed by atoms with van der Waals surface area (Å²) in [5, 5.41) is 0. The zero-order valence-electron chi connectivity index (χ0n) is 10.2. The van der Waals surface area contributed by atoms with Gasteiger partial charge in [-0.1, -0.05) is 6.07 Å². The van der Waals surface area contributed by atoms with Crippen LogP contribution in [0.25, 0.3) is 0 Å². The average Bonchev–Trinajstić information content (AvgIpc) is 2.47. The summed E-state index contributed by atoms with van der Waals surface area (Å²) in [6, 6.07) is 7.80. The number of nitrogen functional groups attached to an aromatic ring is 1. The number of rotatable bonds is 4. The summed E-state index contributed by atoms with van der Waals surface area (Å²) in [6.45, 7) is 0. The number of nitrogens with one attached hydrogen (secondary N) is 1. The molecule has 2 rings (SSSR count). The van der Waals surface area contributed by atoms with Gasteiger partial charge in [0, 0.05) is 25.5 Å². The van der Waals surface area contributed by atoms with E-state index in [4.69, 9.17) is 5.84 Å². The van der Waals surface area contributed by atoms with Crippen molar-refractivity contribution < 1.29 is 8.42 Å². The van der Waals surface area contributed by atoms with Crippen molar-refractivity contribution in [2.75, 3.05) is 16.8 Å². The van der Waals surface area contributed by atoms with E-state index in [0.29, 0.717) is 5.82 Å². The Morgan fingerprint density at radius 3 is 2.63 bits per heavy atom. The Morgan fingerprint density at radius 2 is 2.00 bits per heavy atom. The van der Waals surface area contributed by atoms with Crippen LogP contribution < -0.4 is 15.6 Å². The van der Waals surface area contributed by atoms with E-state index in [9.17, 15) is 8.42 Å². The van der Waals surface area contributed by atoms with Crippen molar-refractivity contribution in [3.8, 4) is 0 Å². The van der Waals surface area contributed by atoms with Crippen molar-refractivity contribution in [1.29, 1.82) is 0 Å². The molecule has 0 bridgehead atoms. The molecule has 8 heteroatoms. The van der Waals surface area contributed by atoms with Crippen molar-refractivity contribution in [3.63, 3.8) is 0 Å². The summed E-state index contributed by atoms with van der Waals surface area (Å²) in [6.07, 6.45) is 2.90. The molecule has 0 aliphatic carbocycles. The van der Waals surface area contributed by atoms with Gasteiger partial charge in [-0.3, -0.25) is 4.31 Å². The molecule has 2 aromatic heterocycles. The highest BCUT2D eigenvalue weighted by molar-refractivity contribution is 7.92. The largest absolute Gasteiger partial charge is 0.308 e. The smallest absolute Gasteiger partial charge is 0.265 e. The van der Waals surface area contributed by atoms with E-state index in [-0.39, 0.29) is 10.7 Å². The van der Waals surface area contributed by atoms with Gasteiger partial charge in [-0.2, -0.15) is 0 Å². The number of nitrogens with zero attached hydrogens (tertiary/aromatic N) is 3. The van der Waals surface area contributed by atoms with Gasteiger partial charge in [-0.05, 0) is 18.2 Å². The number of anilines is 2. The van der Waals surface area contributed by atoms with Crippen LogP contribution >= 0.6 is 0 Å². The summed E-state index contributed by atoms with van der Waals surface area (Å²) < 4.78 is 25.9. The molecule has 0 aliphatic heterocycles. The predicted molar refractivity (Wildman–Crippen MR) is 71.9 cm³/mol. The third kappa shape index (κ3) is 2.64. The quantitative estimate of drug-likeness (QED) is 0.627. The molecule has 0 radical (unpaired) electrons. The first kappa shape index (κ1) is 13.2. The van der Waals surface area contributed by atoms with Crippen LogP contribution in [0, 0.1) is 0 Å². The van der Waals surface area contributed by atoms with Gasteiger partial charge >= 0.3 is 0 Å². The molecule has 3 N–H and O–H groups in total. The van der Waals surface area contributed by atoms with Gasteiger partial charge in [0.1, 0.15) is 11.6 Å². The van der Waals surface area contributed by atoms with Gasteiger partial charge in [0.25, 0.3) is 10.0 Å². The molecular weight excluding hydrogens is 266 g/mol. The second-order valence-electron chi connectivity index (χ2n) is 3.68. The van der Waals surface area contributed by atoms with Gasteiger partial charge in [0.05, 0.1) is 4.90 Å². The van der Waals surface area contributed by atoms with E-state index in [2.05, 4.69) is 15.4 Å². The fourth-order valence-corrected chi connectivity index (χ4v) is 2.64. The number of hydrogen-bond donors (Lipinski definition) is 2. The van der Waals surface area contributed by atoms with E-state index in [0.717, 1.165) is 4.31 Å². The molecule has 100 valence electrons. The molecule has 7 nitrogen and oxygen atoms in total. The SMILES string of the molecule is CN(c1ccccn1)S(=O)(=O)c1ccnc(NN)c1. The second-order valence-corrected chi connectivity index (χ2v) is 5.65. The Kier molecular flexibility index (Phi) is 3.63. The monoisotopic (exact) mass is 279 g/mol. The summed E-state index contributed by atoms with van der Waals surface area (Å²) >= 11 is 0. The zero-order chi connectivity index (χ0) is 13.9. The number of nitrogens with two attached hydrogens (primary N) is 1. The lowest BCUT2D eigenvalue weighted by Gasteiger charge is -2.18. The molecule has 0 aromatic carbocycles. The van der Waals surface area contributed by atoms with Gasteiger partial charge in [-0.15, -0.1) is 0 Å². The number of pyridine rings is 2. The van der Waals surface area contributed by atoms with Gasteiger partial charge in [0.2, 0.25) is 0 Å². The van der Waals surface area contributed by atoms with Crippen molar-refractivity contribution in [1.82, 2.24) is 9.97 Å². The van der Waals surface area contributed by atoms with Crippen LogP contribution in [0.2, 0.25) is 0 Å². The maximum absolute atomic E-state index is 12.4. The topological polar surface area (TPSA) is 101 Å². The molecule has 0 unspecified atom stereocenters. The van der Waals surface area contributed by atoms with Crippen LogP contribution in [0.15, 0.2) is 47.6 Å². The van der Waals surface area contributed by atoms with Crippen molar-refractivity contribution in [2.24, 2.45) is 5.84 Å². The molecule has 0 saturated heterocycles. The molecule has 2 heterocycles. The highest BCUT2D eigenvalue weighted by Crippen LogP contribution is 2.20. The number of hydrogen-bond acceptors (Lipinski definition) is 6. The Morgan fingerprint density at radius 1 is 1.21 bits per heavy atom. The minimum Gasteiger partial charge on any atom is -0.308 e. The van der Waals surface area contributed by atoms with Crippen LogP contribution in [0.1, 0.15) is 0 Å². The molecule has 0 saturated carbocycles. The van der Waals surface area contributed by atoms with E-state index in [1.807, 2.05) is 0 Å². The zero-order valence-corrected chi connectivity index (χ0v) is 11.0. The average molecular weight is 279 g/mol. The van der Waals surface area contributed by atoms with Crippen molar-refractivity contribution in [3.05, 3.63) is 42.7 Å². The second kappa shape index (κ2) is 5.21. The lowest BCUT2D eigenvalue weighted by atomic mass is 10.5. The lowest BCUT2D eigenvalue weighted by Crippen LogP contribution is -2.27. The van der Waals surface area contributed by atoms with Gasteiger partial charge in [-0.25, -0.2) is 24.2 Å². The van der Waals surface area contributed by atoms with Gasteiger partial charge in [0.15, 0.2) is 0 Å². The molecule has 0 aliphatic rings. The Balaban J connectivity index is 2.42. The van der Waals surface area contributed by atoms with E-state index >= 15 is 0 Å². The Bertz CT molecular complexity index is 660. The lowest BCUT2D eigenvalue weighted by molar-refractivity contribution is 0.594.